The number of amides is 1. The number of anilines is 1. The van der Waals surface area contributed by atoms with E-state index in [0.29, 0.717) is 17.0 Å². The lowest BCUT2D eigenvalue weighted by Gasteiger charge is -2.09. The molecule has 1 amide bonds. The smallest absolute Gasteiger partial charge is 0.336 e. The number of hydrazone groups is 1. The van der Waals surface area contributed by atoms with Gasteiger partial charge in [-0.2, -0.15) is 5.10 Å². The average Bonchev–Trinajstić information content (AvgIpc) is 2.60. The molecule has 0 aliphatic rings. The van der Waals surface area contributed by atoms with Gasteiger partial charge in [-0.3, -0.25) is 4.79 Å². The van der Waals surface area contributed by atoms with Crippen molar-refractivity contribution in [2.24, 2.45) is 5.10 Å². The van der Waals surface area contributed by atoms with Crippen molar-refractivity contribution in [1.82, 2.24) is 5.43 Å². The van der Waals surface area contributed by atoms with Crippen molar-refractivity contribution in [3.8, 4) is 5.75 Å². The van der Waals surface area contributed by atoms with E-state index in [4.69, 9.17) is 9.84 Å². The molecule has 124 valence electrons. The lowest BCUT2D eigenvalue weighted by atomic mass is 10.1. The quantitative estimate of drug-likeness (QED) is 0.533. The summed E-state index contributed by atoms with van der Waals surface area (Å²) in [6, 6.07) is 13.6. The number of para-hydroxylation sites is 2. The van der Waals surface area contributed by atoms with E-state index >= 15 is 0 Å². The van der Waals surface area contributed by atoms with Gasteiger partial charge in [0, 0.05) is 5.56 Å². The Balaban J connectivity index is 1.91. The Morgan fingerprint density at radius 3 is 2.62 bits per heavy atom. The number of carboxylic acid groups (broad SMARTS) is 1. The molecule has 0 bridgehead atoms. The Labute approximate surface area is 139 Å². The summed E-state index contributed by atoms with van der Waals surface area (Å²) < 4.78 is 5.17. The highest BCUT2D eigenvalue weighted by Crippen LogP contribution is 2.22. The van der Waals surface area contributed by atoms with Crippen LogP contribution in [0.4, 0.5) is 5.69 Å². The molecule has 0 unspecified atom stereocenters. The molecule has 0 spiro atoms. The second-order valence-electron chi connectivity index (χ2n) is 4.74. The molecule has 7 nitrogen and oxygen atoms in total. The molecular weight excluding hydrogens is 310 g/mol. The number of aromatic carboxylic acids is 1. The monoisotopic (exact) mass is 327 g/mol. The van der Waals surface area contributed by atoms with Gasteiger partial charge in [0.15, 0.2) is 0 Å². The number of benzene rings is 2. The van der Waals surface area contributed by atoms with E-state index in [9.17, 15) is 9.59 Å². The van der Waals surface area contributed by atoms with Gasteiger partial charge < -0.3 is 15.2 Å². The average molecular weight is 327 g/mol. The number of nitrogens with one attached hydrogen (secondary N) is 2. The predicted molar refractivity (Wildman–Crippen MR) is 90.6 cm³/mol. The highest BCUT2D eigenvalue weighted by atomic mass is 16.5. The molecule has 0 saturated carbocycles. The number of rotatable bonds is 7. The molecule has 0 aromatic heterocycles. The number of carbonyl (C=O) groups is 2. The number of nitrogens with zero attached hydrogens (tertiary/aromatic N) is 1. The van der Waals surface area contributed by atoms with Gasteiger partial charge in [0.25, 0.3) is 5.91 Å². The molecule has 24 heavy (non-hydrogen) atoms. The lowest BCUT2D eigenvalue weighted by Crippen LogP contribution is -2.26. The van der Waals surface area contributed by atoms with Crippen LogP contribution in [0.3, 0.4) is 0 Å². The second kappa shape index (κ2) is 8.33. The minimum absolute atomic E-state index is 0.00170. The van der Waals surface area contributed by atoms with Crippen LogP contribution in [-0.2, 0) is 4.79 Å². The van der Waals surface area contributed by atoms with Crippen LogP contribution in [0.5, 0.6) is 5.75 Å². The molecular formula is C17H17N3O4. The fourth-order valence-electron chi connectivity index (χ4n) is 1.98. The van der Waals surface area contributed by atoms with Crippen molar-refractivity contribution in [3.63, 3.8) is 0 Å². The van der Waals surface area contributed by atoms with Crippen molar-refractivity contribution in [1.29, 1.82) is 0 Å². The minimum atomic E-state index is -1.05. The van der Waals surface area contributed by atoms with Crippen LogP contribution in [0.2, 0.25) is 0 Å². The molecule has 0 fully saturated rings. The Kier molecular flexibility index (Phi) is 5.90. The Morgan fingerprint density at radius 1 is 1.17 bits per heavy atom. The summed E-state index contributed by atoms with van der Waals surface area (Å²) in [5.41, 5.74) is 3.55. The first-order valence-corrected chi connectivity index (χ1v) is 7.13. The van der Waals surface area contributed by atoms with E-state index in [2.05, 4.69) is 15.8 Å². The predicted octanol–water partition coefficient (Wildman–Crippen LogP) is 1.96. The van der Waals surface area contributed by atoms with Gasteiger partial charge in [-0.1, -0.05) is 30.3 Å². The normalized spacial score (nSPS) is 10.4. The van der Waals surface area contributed by atoms with Gasteiger partial charge in [-0.05, 0) is 18.2 Å². The summed E-state index contributed by atoms with van der Waals surface area (Å²) in [7, 11) is 1.55. The third-order valence-corrected chi connectivity index (χ3v) is 3.13. The van der Waals surface area contributed by atoms with Crippen LogP contribution < -0.4 is 15.5 Å². The summed E-state index contributed by atoms with van der Waals surface area (Å²) in [6.45, 7) is -0.00170. The highest BCUT2D eigenvalue weighted by molar-refractivity contribution is 5.98. The zero-order valence-electron chi connectivity index (χ0n) is 13.0. The first-order valence-electron chi connectivity index (χ1n) is 7.13. The Morgan fingerprint density at radius 2 is 1.88 bits per heavy atom. The molecule has 3 N–H and O–H groups in total. The van der Waals surface area contributed by atoms with E-state index in [1.807, 2.05) is 12.1 Å². The maximum absolute atomic E-state index is 11.8. The van der Waals surface area contributed by atoms with Gasteiger partial charge in [0.2, 0.25) is 0 Å². The van der Waals surface area contributed by atoms with Crippen molar-refractivity contribution in [2.75, 3.05) is 19.0 Å². The SMILES string of the molecule is COc1ccccc1NCC(=O)NN=Cc1ccccc1C(=O)O. The van der Waals surface area contributed by atoms with E-state index < -0.39 is 5.97 Å². The van der Waals surface area contributed by atoms with Crippen molar-refractivity contribution < 1.29 is 19.4 Å². The van der Waals surface area contributed by atoms with Crippen LogP contribution in [0.25, 0.3) is 0 Å². The molecule has 0 atom stereocenters. The van der Waals surface area contributed by atoms with Gasteiger partial charge >= 0.3 is 5.97 Å². The summed E-state index contributed by atoms with van der Waals surface area (Å²) in [5.74, 6) is -0.796. The second-order valence-corrected chi connectivity index (χ2v) is 4.74. The molecule has 0 heterocycles. The number of hydrogen-bond acceptors (Lipinski definition) is 5. The molecule has 0 aliphatic heterocycles. The lowest BCUT2D eigenvalue weighted by molar-refractivity contribution is -0.119. The number of carboxylic acids is 1. The molecule has 7 heteroatoms. The maximum atomic E-state index is 11.8. The molecule has 2 rings (SSSR count). The molecule has 2 aromatic rings. The zero-order chi connectivity index (χ0) is 17.4. The third kappa shape index (κ3) is 4.57. The van der Waals surface area contributed by atoms with Crippen molar-refractivity contribution >= 4 is 23.8 Å². The molecule has 0 radical (unpaired) electrons. The third-order valence-electron chi connectivity index (χ3n) is 3.13. The van der Waals surface area contributed by atoms with Crippen molar-refractivity contribution in [2.45, 2.75) is 0 Å². The fraction of sp³-hybridized carbons (Fsp3) is 0.118. The Hall–Kier alpha value is -3.35. The van der Waals surface area contributed by atoms with Gasteiger partial charge in [0.1, 0.15) is 5.75 Å². The van der Waals surface area contributed by atoms with Crippen LogP contribution in [0.1, 0.15) is 15.9 Å². The number of carbonyl (C=O) groups excluding carboxylic acids is 1. The van der Waals surface area contributed by atoms with E-state index in [-0.39, 0.29) is 18.0 Å². The first-order chi connectivity index (χ1) is 11.6. The summed E-state index contributed by atoms with van der Waals surface area (Å²) >= 11 is 0. The molecule has 2 aromatic carbocycles. The summed E-state index contributed by atoms with van der Waals surface area (Å²) in [5, 5.41) is 15.8. The van der Waals surface area contributed by atoms with Crippen LogP contribution in [-0.4, -0.2) is 36.9 Å². The zero-order valence-corrected chi connectivity index (χ0v) is 13.0. The van der Waals surface area contributed by atoms with Crippen molar-refractivity contribution in [3.05, 3.63) is 59.7 Å². The van der Waals surface area contributed by atoms with E-state index in [1.165, 1.54) is 12.3 Å². The van der Waals surface area contributed by atoms with E-state index in [0.717, 1.165) is 0 Å². The highest BCUT2D eigenvalue weighted by Gasteiger charge is 2.07. The first kappa shape index (κ1) is 17.0. The van der Waals surface area contributed by atoms with Crippen LogP contribution in [0, 0.1) is 0 Å². The van der Waals surface area contributed by atoms with Gasteiger partial charge in [-0.25, -0.2) is 10.2 Å². The minimum Gasteiger partial charge on any atom is -0.495 e. The number of hydrogen-bond donors (Lipinski definition) is 3. The number of methoxy groups -OCH3 is 1. The van der Waals surface area contributed by atoms with Crippen LogP contribution >= 0.6 is 0 Å². The van der Waals surface area contributed by atoms with Gasteiger partial charge in [-0.15, -0.1) is 0 Å². The topological polar surface area (TPSA) is 100 Å². The standard InChI is InChI=1S/C17H17N3O4/c1-24-15-9-5-4-8-14(15)18-11-16(21)20-19-10-12-6-2-3-7-13(12)17(22)23/h2-10,18H,11H2,1H3,(H,20,21)(H,22,23). The van der Waals surface area contributed by atoms with Gasteiger partial charge in [0.05, 0.1) is 31.1 Å². The molecule has 0 aliphatic carbocycles. The molecule has 0 saturated heterocycles. The summed E-state index contributed by atoms with van der Waals surface area (Å²) in [4.78, 5) is 22.8. The van der Waals surface area contributed by atoms with Crippen LogP contribution in [0.15, 0.2) is 53.6 Å². The largest absolute Gasteiger partial charge is 0.495 e. The van der Waals surface area contributed by atoms with E-state index in [1.54, 1.807) is 37.4 Å². The Bertz CT molecular complexity index is 759. The summed E-state index contributed by atoms with van der Waals surface area (Å²) in [6.07, 6.45) is 1.30. The fourth-order valence-corrected chi connectivity index (χ4v) is 1.98. The number of ether oxygens (including phenoxy) is 1. The maximum Gasteiger partial charge on any atom is 0.336 e.